The smallest absolute Gasteiger partial charge is 0.243 e. The number of benzene rings is 1. The lowest BCUT2D eigenvalue weighted by atomic mass is 9.85. The van der Waals surface area contributed by atoms with Gasteiger partial charge in [-0.2, -0.15) is 0 Å². The molecule has 2 fully saturated rings. The van der Waals surface area contributed by atoms with E-state index in [1.54, 1.807) is 16.2 Å². The molecule has 3 N–H and O–H groups in total. The van der Waals surface area contributed by atoms with Gasteiger partial charge in [0.05, 0.1) is 34.8 Å². The zero-order chi connectivity index (χ0) is 28.0. The zero-order valence-electron chi connectivity index (χ0n) is 22.9. The van der Waals surface area contributed by atoms with Crippen LogP contribution in [0.5, 0.6) is 0 Å². The number of aldehydes is 1. The number of amides is 2. The number of likely N-dealkylation sites (tertiary alicyclic amines) is 1. The van der Waals surface area contributed by atoms with Crippen LogP contribution in [0.25, 0.3) is 10.4 Å². The Bertz CT molecular complexity index is 1230. The lowest BCUT2D eigenvalue weighted by Crippen LogP contribution is -2.56. The molecule has 2 aromatic rings. The number of rotatable bonds is 11. The highest BCUT2D eigenvalue weighted by Gasteiger charge is 2.41. The minimum Gasteiger partial charge on any atom is -0.368 e. The molecule has 1 aliphatic heterocycles. The van der Waals surface area contributed by atoms with E-state index in [2.05, 4.69) is 22.1 Å². The number of thiazole rings is 1. The van der Waals surface area contributed by atoms with Crippen LogP contribution in [0, 0.1) is 30.1 Å². The Hall–Kier alpha value is -3.06. The van der Waals surface area contributed by atoms with Gasteiger partial charge in [-0.05, 0) is 43.7 Å². The van der Waals surface area contributed by atoms with E-state index in [0.29, 0.717) is 38.5 Å². The maximum Gasteiger partial charge on any atom is 0.243 e. The Morgan fingerprint density at radius 3 is 2.67 bits per heavy atom. The predicted octanol–water partition coefficient (Wildman–Crippen LogP) is 3.64. The highest BCUT2D eigenvalue weighted by Crippen LogP contribution is 2.30. The first-order valence-electron chi connectivity index (χ1n) is 13.6. The Morgan fingerprint density at radius 2 is 2.03 bits per heavy atom. The Labute approximate surface area is 234 Å². The Balaban J connectivity index is 1.37. The number of ether oxygens (including phenoxy) is 1. The molecule has 39 heavy (non-hydrogen) atoms. The van der Waals surface area contributed by atoms with Crippen molar-refractivity contribution in [2.24, 2.45) is 17.1 Å². The van der Waals surface area contributed by atoms with Gasteiger partial charge in [-0.15, -0.1) is 11.3 Å². The number of aryl methyl sites for hydroxylation is 1. The minimum absolute atomic E-state index is 0.138. The summed E-state index contributed by atoms with van der Waals surface area (Å²) in [5.41, 5.74) is 10.4. The average molecular weight is 551 g/mol. The molecule has 3 unspecified atom stereocenters. The van der Waals surface area contributed by atoms with Crippen LogP contribution in [0.4, 0.5) is 0 Å². The van der Waals surface area contributed by atoms with E-state index in [0.717, 1.165) is 40.8 Å². The summed E-state index contributed by atoms with van der Waals surface area (Å²) >= 11 is 1.57. The van der Waals surface area contributed by atoms with E-state index in [4.69, 9.17) is 10.5 Å². The van der Waals surface area contributed by atoms with Crippen LogP contribution < -0.4 is 11.1 Å². The number of hydrogen-bond acceptors (Lipinski definition) is 7. The summed E-state index contributed by atoms with van der Waals surface area (Å²) < 4.78 is 5.71. The molecule has 1 aromatic carbocycles. The summed E-state index contributed by atoms with van der Waals surface area (Å²) in [7, 11) is 0. The average Bonchev–Trinajstić information content (AvgIpc) is 3.43. The fourth-order valence-corrected chi connectivity index (χ4v) is 5.58. The quantitative estimate of drug-likeness (QED) is 0.251. The first-order chi connectivity index (χ1) is 18.7. The fourth-order valence-electron chi connectivity index (χ4n) is 4.77. The zero-order valence-corrected chi connectivity index (χ0v) is 23.8. The highest BCUT2D eigenvalue weighted by molar-refractivity contribution is 7.13. The Morgan fingerprint density at radius 1 is 1.28 bits per heavy atom. The third kappa shape index (κ3) is 7.33. The van der Waals surface area contributed by atoms with Gasteiger partial charge in [0.25, 0.3) is 0 Å². The summed E-state index contributed by atoms with van der Waals surface area (Å²) in [4.78, 5) is 45.3. The van der Waals surface area contributed by atoms with Crippen molar-refractivity contribution in [2.75, 3.05) is 19.8 Å². The van der Waals surface area contributed by atoms with Crippen LogP contribution in [-0.4, -0.2) is 59.8 Å². The van der Waals surface area contributed by atoms with Gasteiger partial charge in [0.1, 0.15) is 18.9 Å². The summed E-state index contributed by atoms with van der Waals surface area (Å²) in [6, 6.07) is 5.87. The van der Waals surface area contributed by atoms with Crippen molar-refractivity contribution < 1.29 is 19.1 Å². The van der Waals surface area contributed by atoms with Crippen LogP contribution >= 0.6 is 11.3 Å². The van der Waals surface area contributed by atoms with E-state index < -0.39 is 23.5 Å². The second-order valence-electron chi connectivity index (χ2n) is 11.1. The number of nitrogens with one attached hydrogen (secondary N) is 1. The SMILES string of the molecule is Cc1ncsc1-c1ccc(C(CC=O)NC(=O)C2CCCN2C(=O)C(N)C(C)(C)COCC#CC2CC2)cc1. The molecule has 1 saturated heterocycles. The van der Waals surface area contributed by atoms with Crippen molar-refractivity contribution in [1.29, 1.82) is 0 Å². The molecule has 1 aromatic heterocycles. The number of carbonyl (C=O) groups excluding carboxylic acids is 3. The minimum atomic E-state index is -0.823. The van der Waals surface area contributed by atoms with Crippen LogP contribution in [0.15, 0.2) is 29.8 Å². The molecule has 2 amide bonds. The fraction of sp³-hybridized carbons (Fsp3) is 0.533. The lowest BCUT2D eigenvalue weighted by molar-refractivity contribution is -0.142. The molecule has 0 spiro atoms. The molecular weight excluding hydrogens is 512 g/mol. The van der Waals surface area contributed by atoms with Crippen molar-refractivity contribution in [1.82, 2.24) is 15.2 Å². The van der Waals surface area contributed by atoms with Gasteiger partial charge in [0.15, 0.2) is 0 Å². The standard InChI is InChI=1S/C30H38N4O4S/c1-20-26(39-19-32-20)23-12-10-22(11-13-23)24(14-16-35)33-28(36)25-7-4-15-34(25)29(37)27(31)30(2,3)18-38-17-5-6-21-8-9-21/h10-13,16,19,21,24-25,27H,4,7-9,14-15,17-18,31H2,1-3H3,(H,33,36). The van der Waals surface area contributed by atoms with Crippen molar-refractivity contribution in [3.63, 3.8) is 0 Å². The summed E-state index contributed by atoms with van der Waals surface area (Å²) in [6.07, 6.45) is 4.53. The van der Waals surface area contributed by atoms with Crippen LogP contribution in [0.3, 0.4) is 0 Å². The third-order valence-corrected chi connectivity index (χ3v) is 8.43. The van der Waals surface area contributed by atoms with E-state index >= 15 is 0 Å². The van der Waals surface area contributed by atoms with E-state index in [1.807, 2.05) is 50.5 Å². The van der Waals surface area contributed by atoms with Crippen LogP contribution in [-0.2, 0) is 19.1 Å². The van der Waals surface area contributed by atoms with E-state index in [-0.39, 0.29) is 18.2 Å². The maximum absolute atomic E-state index is 13.4. The molecule has 0 bridgehead atoms. The summed E-state index contributed by atoms with van der Waals surface area (Å²) in [6.45, 7) is 6.84. The first-order valence-corrected chi connectivity index (χ1v) is 14.5. The summed E-state index contributed by atoms with van der Waals surface area (Å²) in [5.74, 6) is 6.17. The van der Waals surface area contributed by atoms with Gasteiger partial charge >= 0.3 is 0 Å². The maximum atomic E-state index is 13.4. The molecule has 208 valence electrons. The number of hydrogen-bond donors (Lipinski definition) is 2. The van der Waals surface area contributed by atoms with E-state index in [9.17, 15) is 14.4 Å². The molecule has 2 aliphatic rings. The highest BCUT2D eigenvalue weighted by atomic mass is 32.1. The second-order valence-corrected chi connectivity index (χ2v) is 12.0. The first kappa shape index (κ1) is 28.9. The molecule has 0 radical (unpaired) electrons. The van der Waals surface area contributed by atoms with E-state index in [1.165, 1.54) is 0 Å². The number of nitrogens with zero attached hydrogens (tertiary/aromatic N) is 2. The molecule has 2 heterocycles. The second kappa shape index (κ2) is 12.9. The molecule has 3 atom stereocenters. The Kier molecular flexibility index (Phi) is 9.54. The van der Waals surface area contributed by atoms with Gasteiger partial charge in [0, 0.05) is 24.3 Å². The van der Waals surface area contributed by atoms with Crippen molar-refractivity contribution in [2.45, 2.75) is 71.0 Å². The third-order valence-electron chi connectivity index (χ3n) is 7.45. The van der Waals surface area contributed by atoms with Crippen molar-refractivity contribution in [3.8, 4) is 22.3 Å². The molecule has 1 aliphatic carbocycles. The monoisotopic (exact) mass is 550 g/mol. The largest absolute Gasteiger partial charge is 0.368 e. The van der Waals surface area contributed by atoms with Gasteiger partial charge in [-0.3, -0.25) is 9.59 Å². The molecule has 8 nitrogen and oxygen atoms in total. The normalized spacial score (nSPS) is 18.7. The number of nitrogens with two attached hydrogens (primary N) is 1. The van der Waals surface area contributed by atoms with Gasteiger partial charge < -0.3 is 25.5 Å². The van der Waals surface area contributed by atoms with Crippen LogP contribution in [0.2, 0.25) is 0 Å². The van der Waals surface area contributed by atoms with Gasteiger partial charge in [-0.1, -0.05) is 50.0 Å². The van der Waals surface area contributed by atoms with Crippen molar-refractivity contribution >= 4 is 29.4 Å². The molecule has 1 saturated carbocycles. The lowest BCUT2D eigenvalue weighted by Gasteiger charge is -2.35. The number of aromatic nitrogens is 1. The molecule has 4 rings (SSSR count). The molecular formula is C30H38N4O4S. The molecule has 9 heteroatoms. The van der Waals surface area contributed by atoms with Gasteiger partial charge in [-0.25, -0.2) is 4.98 Å². The topological polar surface area (TPSA) is 115 Å². The predicted molar refractivity (Wildman–Crippen MR) is 152 cm³/mol. The summed E-state index contributed by atoms with van der Waals surface area (Å²) in [5, 5.41) is 3.01. The van der Waals surface area contributed by atoms with Crippen molar-refractivity contribution in [3.05, 3.63) is 41.0 Å². The van der Waals surface area contributed by atoms with Crippen LogP contribution in [0.1, 0.15) is 63.3 Å². The van der Waals surface area contributed by atoms with Gasteiger partial charge in [0.2, 0.25) is 11.8 Å². The number of carbonyl (C=O) groups is 3.